The molecule has 0 aliphatic carbocycles. The van der Waals surface area contributed by atoms with E-state index in [2.05, 4.69) is 36.1 Å². The first-order chi connectivity index (χ1) is 14.0. The highest BCUT2D eigenvalue weighted by Gasteiger charge is 2.38. The Labute approximate surface area is 171 Å². The number of nitrogens with two attached hydrogens (primary N) is 2. The van der Waals surface area contributed by atoms with Gasteiger partial charge in [-0.15, -0.1) is 0 Å². The number of methoxy groups -OCH3 is 1. The van der Waals surface area contributed by atoms with Crippen molar-refractivity contribution < 1.29 is 14.3 Å². The van der Waals surface area contributed by atoms with Gasteiger partial charge in [-0.3, -0.25) is 9.69 Å². The SMILES string of the molecule is COc1cc2c(cc1OCC(N)=O)CCN1C[C@@H](c3cccc(C)c3)[C@H](N)C[C@H]21. The van der Waals surface area contributed by atoms with Gasteiger partial charge in [0.1, 0.15) is 0 Å². The molecular weight excluding hydrogens is 366 g/mol. The fourth-order valence-corrected chi connectivity index (χ4v) is 4.74. The summed E-state index contributed by atoms with van der Waals surface area (Å²) < 4.78 is 11.1. The van der Waals surface area contributed by atoms with Crippen molar-refractivity contribution in [1.29, 1.82) is 0 Å². The van der Waals surface area contributed by atoms with E-state index in [4.69, 9.17) is 20.9 Å². The maximum absolute atomic E-state index is 11.1. The molecule has 6 nitrogen and oxygen atoms in total. The van der Waals surface area contributed by atoms with Crippen molar-refractivity contribution in [2.24, 2.45) is 11.5 Å². The second-order valence-corrected chi connectivity index (χ2v) is 8.14. The molecule has 0 bridgehead atoms. The van der Waals surface area contributed by atoms with E-state index < -0.39 is 5.91 Å². The van der Waals surface area contributed by atoms with Crippen LogP contribution < -0.4 is 20.9 Å². The number of ether oxygens (including phenoxy) is 2. The van der Waals surface area contributed by atoms with Gasteiger partial charge < -0.3 is 20.9 Å². The maximum atomic E-state index is 11.1. The minimum absolute atomic E-state index is 0.0979. The maximum Gasteiger partial charge on any atom is 0.255 e. The zero-order valence-electron chi connectivity index (χ0n) is 17.1. The smallest absolute Gasteiger partial charge is 0.255 e. The number of carbonyl (C=O) groups is 1. The molecule has 0 aromatic heterocycles. The average molecular weight is 396 g/mol. The first-order valence-corrected chi connectivity index (χ1v) is 10.1. The Kier molecular flexibility index (Phi) is 5.48. The van der Waals surface area contributed by atoms with Crippen molar-refractivity contribution in [3.8, 4) is 11.5 Å². The Morgan fingerprint density at radius 3 is 2.79 bits per heavy atom. The van der Waals surface area contributed by atoms with Gasteiger partial charge in [0.2, 0.25) is 0 Å². The molecule has 4 rings (SSSR count). The summed E-state index contributed by atoms with van der Waals surface area (Å²) in [5.74, 6) is 1.03. The van der Waals surface area contributed by atoms with Crippen LogP contribution >= 0.6 is 0 Å². The van der Waals surface area contributed by atoms with E-state index in [1.165, 1.54) is 22.3 Å². The van der Waals surface area contributed by atoms with E-state index in [0.717, 1.165) is 25.9 Å². The first kappa shape index (κ1) is 19.7. The molecule has 2 aliphatic heterocycles. The molecule has 6 heteroatoms. The molecule has 1 amide bonds. The van der Waals surface area contributed by atoms with Gasteiger partial charge in [-0.2, -0.15) is 0 Å². The van der Waals surface area contributed by atoms with Gasteiger partial charge in [-0.1, -0.05) is 29.8 Å². The van der Waals surface area contributed by atoms with Crippen molar-refractivity contribution in [3.63, 3.8) is 0 Å². The molecule has 4 N–H and O–H groups in total. The van der Waals surface area contributed by atoms with Crippen molar-refractivity contribution in [3.05, 3.63) is 58.7 Å². The van der Waals surface area contributed by atoms with Gasteiger partial charge in [0.15, 0.2) is 18.1 Å². The van der Waals surface area contributed by atoms with E-state index >= 15 is 0 Å². The summed E-state index contributed by atoms with van der Waals surface area (Å²) in [6.45, 7) is 3.90. The highest BCUT2D eigenvalue weighted by atomic mass is 16.5. The van der Waals surface area contributed by atoms with E-state index in [9.17, 15) is 4.79 Å². The van der Waals surface area contributed by atoms with Crippen LogP contribution in [-0.4, -0.2) is 43.7 Å². The Balaban J connectivity index is 1.60. The van der Waals surface area contributed by atoms with Gasteiger partial charge in [0.05, 0.1) is 7.11 Å². The molecule has 2 aromatic rings. The molecule has 154 valence electrons. The largest absolute Gasteiger partial charge is 0.493 e. The van der Waals surface area contributed by atoms with Crippen molar-refractivity contribution in [2.45, 2.75) is 37.8 Å². The summed E-state index contributed by atoms with van der Waals surface area (Å²) in [6.07, 6.45) is 1.83. The molecule has 1 saturated heterocycles. The lowest BCUT2D eigenvalue weighted by Crippen LogP contribution is -2.49. The third-order valence-electron chi connectivity index (χ3n) is 6.18. The summed E-state index contributed by atoms with van der Waals surface area (Å²) in [6, 6.07) is 13.1. The second kappa shape index (κ2) is 8.05. The number of amides is 1. The highest BCUT2D eigenvalue weighted by Crippen LogP contribution is 2.44. The lowest BCUT2D eigenvalue weighted by atomic mass is 9.78. The first-order valence-electron chi connectivity index (χ1n) is 10.1. The molecule has 3 atom stereocenters. The molecule has 29 heavy (non-hydrogen) atoms. The fourth-order valence-electron chi connectivity index (χ4n) is 4.74. The van der Waals surface area contributed by atoms with Crippen LogP contribution in [0.25, 0.3) is 0 Å². The minimum Gasteiger partial charge on any atom is -0.493 e. The van der Waals surface area contributed by atoms with Gasteiger partial charge in [-0.05, 0) is 48.6 Å². The van der Waals surface area contributed by atoms with Gasteiger partial charge in [0.25, 0.3) is 5.91 Å². The Hall–Kier alpha value is -2.57. The predicted molar refractivity (Wildman–Crippen MR) is 112 cm³/mol. The molecule has 0 unspecified atom stereocenters. The number of fused-ring (bicyclic) bond motifs is 3. The van der Waals surface area contributed by atoms with Crippen LogP contribution in [0, 0.1) is 6.92 Å². The molecule has 1 fully saturated rings. The lowest BCUT2D eigenvalue weighted by Gasteiger charge is -2.46. The zero-order chi connectivity index (χ0) is 20.5. The van der Waals surface area contributed by atoms with Crippen molar-refractivity contribution >= 4 is 5.91 Å². The molecule has 2 aliphatic rings. The number of hydrogen-bond donors (Lipinski definition) is 2. The van der Waals surface area contributed by atoms with Crippen LogP contribution in [0.1, 0.15) is 40.6 Å². The van der Waals surface area contributed by atoms with E-state index in [1.54, 1.807) is 7.11 Å². The minimum atomic E-state index is -0.503. The van der Waals surface area contributed by atoms with Crippen LogP contribution in [0.15, 0.2) is 36.4 Å². The van der Waals surface area contributed by atoms with Crippen LogP contribution in [0.5, 0.6) is 11.5 Å². The molecule has 0 saturated carbocycles. The number of hydrogen-bond acceptors (Lipinski definition) is 5. The predicted octanol–water partition coefficient (Wildman–Crippen LogP) is 2.28. The normalized spacial score (nSPS) is 23.8. The van der Waals surface area contributed by atoms with Gasteiger partial charge >= 0.3 is 0 Å². The van der Waals surface area contributed by atoms with Crippen LogP contribution in [0.3, 0.4) is 0 Å². The summed E-state index contributed by atoms with van der Waals surface area (Å²) in [7, 11) is 1.61. The summed E-state index contributed by atoms with van der Waals surface area (Å²) in [4.78, 5) is 13.6. The van der Waals surface area contributed by atoms with Crippen LogP contribution in [0.4, 0.5) is 0 Å². The van der Waals surface area contributed by atoms with E-state index in [-0.39, 0.29) is 18.7 Å². The lowest BCUT2D eigenvalue weighted by molar-refractivity contribution is -0.119. The Morgan fingerprint density at radius 2 is 2.07 bits per heavy atom. The monoisotopic (exact) mass is 395 g/mol. The molecule has 0 spiro atoms. The van der Waals surface area contributed by atoms with E-state index in [0.29, 0.717) is 17.4 Å². The molecular formula is C23H29N3O3. The third kappa shape index (κ3) is 3.95. The number of rotatable bonds is 5. The van der Waals surface area contributed by atoms with Crippen molar-refractivity contribution in [1.82, 2.24) is 4.90 Å². The fraction of sp³-hybridized carbons (Fsp3) is 0.435. The summed E-state index contributed by atoms with van der Waals surface area (Å²) in [5, 5.41) is 0. The molecule has 2 aromatic carbocycles. The number of nitrogens with zero attached hydrogens (tertiary/aromatic N) is 1. The summed E-state index contributed by atoms with van der Waals surface area (Å²) in [5.41, 5.74) is 17.0. The van der Waals surface area contributed by atoms with Gasteiger partial charge in [-0.25, -0.2) is 0 Å². The highest BCUT2D eigenvalue weighted by molar-refractivity contribution is 5.75. The number of benzene rings is 2. The topological polar surface area (TPSA) is 90.8 Å². The summed E-state index contributed by atoms with van der Waals surface area (Å²) >= 11 is 0. The Bertz CT molecular complexity index is 914. The average Bonchev–Trinajstić information content (AvgIpc) is 2.71. The van der Waals surface area contributed by atoms with Crippen molar-refractivity contribution in [2.75, 3.05) is 26.8 Å². The number of carbonyl (C=O) groups excluding carboxylic acids is 1. The van der Waals surface area contributed by atoms with Gasteiger partial charge in [0, 0.05) is 31.1 Å². The van der Waals surface area contributed by atoms with Crippen LogP contribution in [0.2, 0.25) is 0 Å². The van der Waals surface area contributed by atoms with Crippen LogP contribution in [-0.2, 0) is 11.2 Å². The number of piperidine rings is 1. The van der Waals surface area contributed by atoms with E-state index in [1.807, 2.05) is 12.1 Å². The third-order valence-corrected chi connectivity index (χ3v) is 6.18. The quantitative estimate of drug-likeness (QED) is 0.811. The Morgan fingerprint density at radius 1 is 1.24 bits per heavy atom. The number of aryl methyl sites for hydroxylation is 1. The zero-order valence-corrected chi connectivity index (χ0v) is 17.1. The standard InChI is InChI=1S/C23H29N3O3/c1-14-4-3-5-15(8-14)18-12-26-7-6-16-9-22(29-13-23(25)27)21(28-2)10-17(16)20(26)11-19(18)24/h3-5,8-10,18-20H,6-7,11-13,24H2,1-2H3,(H2,25,27)/t18-,19+,20+/m0/s1. The molecule has 0 radical (unpaired) electrons. The second-order valence-electron chi connectivity index (χ2n) is 8.14. The number of primary amides is 1. The molecule has 2 heterocycles.